The number of benzene rings is 5. The Labute approximate surface area is 544 Å². The number of nitrogens with zero attached hydrogens (tertiary/aromatic N) is 8. The molecule has 9 rings (SSSR count). The van der Waals surface area contributed by atoms with Crippen LogP contribution in [0, 0.1) is 0 Å². The van der Waals surface area contributed by atoms with Gasteiger partial charge in [-0.05, 0) is 108 Å². The van der Waals surface area contributed by atoms with Crippen molar-refractivity contribution in [3.8, 4) is 22.5 Å². The molecule has 482 valence electrons. The highest BCUT2D eigenvalue weighted by Gasteiger charge is 2.29. The van der Waals surface area contributed by atoms with Gasteiger partial charge in [-0.15, -0.1) is 10.2 Å². The van der Waals surface area contributed by atoms with Crippen LogP contribution in [-0.2, 0) is 64.1 Å². The molecule has 2 aliphatic heterocycles. The second-order valence-electron chi connectivity index (χ2n) is 21.6. The number of amides is 4. The van der Waals surface area contributed by atoms with Crippen molar-refractivity contribution in [2.75, 3.05) is 157 Å². The number of aromatic nitrogens is 6. The first-order chi connectivity index (χ1) is 43.9. The molecule has 0 spiro atoms. The van der Waals surface area contributed by atoms with E-state index in [0.29, 0.717) is 163 Å². The van der Waals surface area contributed by atoms with Crippen LogP contribution in [0.5, 0.6) is 0 Å². The number of carbonyl (C=O) groups is 2. The second-order valence-corrected chi connectivity index (χ2v) is 23.3. The minimum atomic E-state index is -0.382. The van der Waals surface area contributed by atoms with E-state index in [1.165, 1.54) is 11.1 Å². The lowest BCUT2D eigenvalue weighted by Crippen LogP contribution is -2.32. The van der Waals surface area contributed by atoms with E-state index in [1.54, 1.807) is 33.6 Å². The van der Waals surface area contributed by atoms with Gasteiger partial charge in [-0.25, -0.2) is 19.0 Å². The Morgan fingerprint density at radius 1 is 0.467 bits per heavy atom. The SMILES string of the molecule is CN1Cc2c(Cl)cc(Cl)cc2[C@H](c2cccc(-c3cn(CCOCCOCCOCCOCCNC(=O)Nc4ccc(NC(=O)NCCOCCOCCOCCOCCn5cc(-c6cccc([C@@H]7CN(C)Cc8c(Cl)cc(Cl)cc87)c6)nn5)cc4)nn3)c2)C1. The molecule has 0 fully saturated rings. The highest BCUT2D eigenvalue weighted by Crippen LogP contribution is 2.41. The van der Waals surface area contributed by atoms with Crippen LogP contribution in [0.3, 0.4) is 0 Å². The van der Waals surface area contributed by atoms with Crippen molar-refractivity contribution < 1.29 is 47.5 Å². The minimum absolute atomic E-state index is 0.132. The lowest BCUT2D eigenvalue weighted by atomic mass is 9.84. The van der Waals surface area contributed by atoms with E-state index in [0.717, 1.165) is 70.9 Å². The number of fused-ring (bicyclic) bond motifs is 2. The molecule has 22 nitrogen and oxygen atoms in total. The Hall–Kier alpha value is -6.32. The van der Waals surface area contributed by atoms with Crippen LogP contribution in [0.2, 0.25) is 20.1 Å². The van der Waals surface area contributed by atoms with Crippen LogP contribution in [0.4, 0.5) is 21.0 Å². The lowest BCUT2D eigenvalue weighted by Gasteiger charge is -2.33. The number of carbonyl (C=O) groups excluding carboxylic acids is 2. The molecule has 0 bridgehead atoms. The third-order valence-electron chi connectivity index (χ3n) is 14.9. The topological polar surface area (TPSA) is 224 Å². The maximum absolute atomic E-state index is 12.4. The largest absolute Gasteiger partial charge is 0.377 e. The summed E-state index contributed by atoms with van der Waals surface area (Å²) in [4.78, 5) is 29.3. The molecule has 0 saturated heterocycles. The van der Waals surface area contributed by atoms with Crippen molar-refractivity contribution in [3.05, 3.63) is 163 Å². The van der Waals surface area contributed by atoms with Gasteiger partial charge in [-0.1, -0.05) is 93.2 Å². The molecule has 4 amide bonds. The van der Waals surface area contributed by atoms with Gasteiger partial charge in [0.1, 0.15) is 11.4 Å². The number of hydrogen-bond donors (Lipinski definition) is 4. The summed E-state index contributed by atoms with van der Waals surface area (Å²) in [5.74, 6) is 0.264. The van der Waals surface area contributed by atoms with E-state index < -0.39 is 0 Å². The number of ether oxygens (including phenoxy) is 8. The van der Waals surface area contributed by atoms with Crippen LogP contribution < -0.4 is 21.3 Å². The van der Waals surface area contributed by atoms with Crippen molar-refractivity contribution in [1.29, 1.82) is 0 Å². The average Bonchev–Trinajstić information content (AvgIpc) is 0.997. The molecule has 90 heavy (non-hydrogen) atoms. The van der Waals surface area contributed by atoms with Gasteiger partial charge < -0.3 is 69.0 Å². The third kappa shape index (κ3) is 21.4. The average molecular weight is 1320 g/mol. The number of nitrogens with one attached hydrogen (secondary N) is 4. The first-order valence-corrected chi connectivity index (χ1v) is 31.6. The first kappa shape index (κ1) is 68.1. The van der Waals surface area contributed by atoms with E-state index in [2.05, 4.69) is 102 Å². The zero-order valence-electron chi connectivity index (χ0n) is 50.7. The van der Waals surface area contributed by atoms with Crippen LogP contribution >= 0.6 is 46.4 Å². The van der Waals surface area contributed by atoms with Crippen molar-refractivity contribution in [3.63, 3.8) is 0 Å². The van der Waals surface area contributed by atoms with Gasteiger partial charge in [0.2, 0.25) is 0 Å². The molecule has 4 N–H and O–H groups in total. The third-order valence-corrected chi connectivity index (χ3v) is 16.0. The first-order valence-electron chi connectivity index (χ1n) is 30.1. The number of rotatable bonds is 36. The summed E-state index contributed by atoms with van der Waals surface area (Å²) in [5, 5.41) is 31.2. The number of hydrogen-bond acceptors (Lipinski definition) is 16. The zero-order valence-corrected chi connectivity index (χ0v) is 53.7. The Bertz CT molecular complexity index is 3160. The predicted octanol–water partition coefficient (Wildman–Crippen LogP) is 9.75. The maximum atomic E-state index is 12.4. The van der Waals surface area contributed by atoms with Gasteiger partial charge in [0.15, 0.2) is 0 Å². The second kappa shape index (κ2) is 36.1. The van der Waals surface area contributed by atoms with Crippen molar-refractivity contribution in [2.45, 2.75) is 38.0 Å². The Balaban J connectivity index is 0.508. The number of halogens is 4. The van der Waals surface area contributed by atoms with E-state index in [1.807, 2.05) is 48.8 Å². The normalized spacial score (nSPS) is 15.0. The van der Waals surface area contributed by atoms with Crippen molar-refractivity contribution in [2.24, 2.45) is 0 Å². The fraction of sp³-hybridized carbons (Fsp3) is 0.438. The van der Waals surface area contributed by atoms with Gasteiger partial charge in [-0.2, -0.15) is 0 Å². The molecule has 0 saturated carbocycles. The number of likely N-dealkylation sites (N-methyl/N-ethyl adjacent to an activating group) is 2. The predicted molar refractivity (Wildman–Crippen MR) is 347 cm³/mol. The molecular formula is C64H78Cl4N12O10. The molecule has 5 aromatic carbocycles. The monoisotopic (exact) mass is 1310 g/mol. The van der Waals surface area contributed by atoms with Gasteiger partial charge in [0.05, 0.1) is 131 Å². The minimum Gasteiger partial charge on any atom is -0.377 e. The Morgan fingerprint density at radius 2 is 0.822 bits per heavy atom. The standard InChI is InChI=1S/C64H78Cl4N12O10/c1-77-39-55(53-35-49(65)37-59(67)57(53)41-77)45-5-3-7-47(33-45)61-43-79(75-73-61)15-19-85-23-27-89-31-29-87-25-21-83-17-13-69-63(81)71-51-9-11-52(12-10-51)72-64(82)70-14-18-84-22-26-88-30-32-90-28-24-86-20-16-80-44-62(74-76-80)48-8-4-6-46(34-48)56-40-78(2)42-58-54(56)36-50(66)38-60(58)68/h3-12,33-38,43-44,55-56H,13-32,39-42H2,1-2H3,(H2,69,71,81)(H2,70,72,82)/t55-,56-/m0/s1. The molecule has 4 heterocycles. The van der Waals surface area contributed by atoms with E-state index >= 15 is 0 Å². The molecule has 2 aliphatic rings. The zero-order chi connectivity index (χ0) is 62.9. The smallest absolute Gasteiger partial charge is 0.319 e. The highest BCUT2D eigenvalue weighted by molar-refractivity contribution is 6.35. The quantitative estimate of drug-likeness (QED) is 0.0268. The molecule has 2 atom stereocenters. The molecule has 0 unspecified atom stereocenters. The summed E-state index contributed by atoms with van der Waals surface area (Å²) in [5.41, 5.74) is 11.6. The summed E-state index contributed by atoms with van der Waals surface area (Å²) < 4.78 is 48.6. The summed E-state index contributed by atoms with van der Waals surface area (Å²) in [6.07, 6.45) is 3.86. The van der Waals surface area contributed by atoms with Gasteiger partial charge in [0, 0.05) is 93.7 Å². The van der Waals surface area contributed by atoms with Crippen LogP contribution in [0.15, 0.2) is 109 Å². The fourth-order valence-corrected chi connectivity index (χ4v) is 11.6. The van der Waals surface area contributed by atoms with Crippen LogP contribution in [-0.4, -0.2) is 198 Å². The molecular weight excluding hydrogens is 1240 g/mol. The molecule has 0 aliphatic carbocycles. The van der Waals surface area contributed by atoms with Crippen molar-refractivity contribution >= 4 is 69.8 Å². The van der Waals surface area contributed by atoms with Gasteiger partial charge >= 0.3 is 12.1 Å². The summed E-state index contributed by atoms with van der Waals surface area (Å²) >= 11 is 26.0. The van der Waals surface area contributed by atoms with E-state index in [-0.39, 0.29) is 23.9 Å². The number of urea groups is 2. The molecule has 0 radical (unpaired) electrons. The fourth-order valence-electron chi connectivity index (χ4n) is 10.5. The van der Waals surface area contributed by atoms with Crippen LogP contribution in [0.1, 0.15) is 45.2 Å². The van der Waals surface area contributed by atoms with E-state index in [9.17, 15) is 9.59 Å². The lowest BCUT2D eigenvalue weighted by molar-refractivity contribution is -0.00228. The Morgan fingerprint density at radius 3 is 1.20 bits per heavy atom. The van der Waals surface area contributed by atoms with Gasteiger partial charge in [0.25, 0.3) is 0 Å². The summed E-state index contributed by atoms with van der Waals surface area (Å²) in [7, 11) is 4.21. The van der Waals surface area contributed by atoms with Gasteiger partial charge in [-0.3, -0.25) is 0 Å². The molecule has 7 aromatic rings. The summed E-state index contributed by atoms with van der Waals surface area (Å²) in [6.45, 7) is 11.5. The number of anilines is 2. The maximum Gasteiger partial charge on any atom is 0.319 e. The molecule has 2 aromatic heterocycles. The van der Waals surface area contributed by atoms with E-state index in [4.69, 9.17) is 84.3 Å². The molecule has 26 heteroatoms. The highest BCUT2D eigenvalue weighted by atomic mass is 35.5. The summed E-state index contributed by atoms with van der Waals surface area (Å²) in [6, 6.07) is 30.5. The van der Waals surface area contributed by atoms with Crippen molar-refractivity contribution in [1.82, 2.24) is 50.4 Å². The Kier molecular flexibility index (Phi) is 27.3. The van der Waals surface area contributed by atoms with Crippen LogP contribution in [0.25, 0.3) is 22.5 Å².